The summed E-state index contributed by atoms with van der Waals surface area (Å²) in [4.78, 5) is 46.5. The molecule has 8 nitrogen and oxygen atoms in total. The van der Waals surface area contributed by atoms with Crippen molar-refractivity contribution in [2.45, 2.75) is 37.8 Å². The van der Waals surface area contributed by atoms with E-state index in [0.717, 1.165) is 38.4 Å². The van der Waals surface area contributed by atoms with E-state index < -0.39 is 46.5 Å². The van der Waals surface area contributed by atoms with Crippen LogP contribution in [0.5, 0.6) is 0 Å². The van der Waals surface area contributed by atoms with Gasteiger partial charge in [0.15, 0.2) is 0 Å². The zero-order valence-electron chi connectivity index (χ0n) is 16.7. The Bertz CT molecular complexity index is 1130. The molecular formula is C20H19ClF3N5O3. The maximum absolute atomic E-state index is 13.0. The van der Waals surface area contributed by atoms with Gasteiger partial charge in [0.2, 0.25) is 17.8 Å². The van der Waals surface area contributed by atoms with E-state index in [4.69, 9.17) is 11.6 Å². The van der Waals surface area contributed by atoms with Gasteiger partial charge in [-0.1, -0.05) is 11.6 Å². The maximum atomic E-state index is 13.0. The van der Waals surface area contributed by atoms with Gasteiger partial charge in [-0.25, -0.2) is 0 Å². The van der Waals surface area contributed by atoms with Gasteiger partial charge in [-0.15, -0.1) is 0 Å². The molecule has 1 saturated heterocycles. The lowest BCUT2D eigenvalue weighted by Crippen LogP contribution is -2.33. The number of carbonyl (C=O) groups excluding carboxylic acids is 2. The van der Waals surface area contributed by atoms with Gasteiger partial charge < -0.3 is 15.5 Å². The summed E-state index contributed by atoms with van der Waals surface area (Å²) in [6.07, 6.45) is -2.09. The molecule has 0 bridgehead atoms. The fourth-order valence-corrected chi connectivity index (χ4v) is 4.12. The van der Waals surface area contributed by atoms with Crippen LogP contribution in [-0.2, 0) is 15.8 Å². The third-order valence-corrected chi connectivity index (χ3v) is 5.78. The quantitative estimate of drug-likeness (QED) is 0.635. The Kier molecular flexibility index (Phi) is 5.85. The number of aromatic nitrogens is 2. The van der Waals surface area contributed by atoms with Crippen molar-refractivity contribution >= 4 is 40.9 Å². The number of H-pyrrole nitrogens is 1. The molecule has 1 aromatic carbocycles. The highest BCUT2D eigenvalue weighted by molar-refractivity contribution is 6.31. The molecule has 170 valence electrons. The van der Waals surface area contributed by atoms with E-state index in [1.165, 1.54) is 6.07 Å². The van der Waals surface area contributed by atoms with E-state index >= 15 is 0 Å². The highest BCUT2D eigenvalue weighted by Crippen LogP contribution is 2.37. The van der Waals surface area contributed by atoms with Crippen LogP contribution in [0.25, 0.3) is 0 Å². The molecule has 0 radical (unpaired) electrons. The summed E-state index contributed by atoms with van der Waals surface area (Å²) in [6, 6.07) is 2.95. The van der Waals surface area contributed by atoms with Crippen molar-refractivity contribution in [3.63, 3.8) is 0 Å². The van der Waals surface area contributed by atoms with Crippen molar-refractivity contribution in [1.82, 2.24) is 9.97 Å². The molecule has 3 heterocycles. The first-order valence-corrected chi connectivity index (χ1v) is 10.4. The fraction of sp³-hybridized carbons (Fsp3) is 0.400. The van der Waals surface area contributed by atoms with Crippen molar-refractivity contribution in [1.29, 1.82) is 0 Å². The third kappa shape index (κ3) is 4.43. The molecule has 1 unspecified atom stereocenters. The van der Waals surface area contributed by atoms with E-state index in [1.807, 2.05) is 4.90 Å². The van der Waals surface area contributed by atoms with Crippen molar-refractivity contribution in [3.8, 4) is 0 Å². The SMILES string of the molecule is O=C(CC1C(=O)Nc2nc(N3CCCCC3)[nH]c(=O)c21)Nc1ccc(Cl)c(C(F)(F)F)c1. The summed E-state index contributed by atoms with van der Waals surface area (Å²) in [5.41, 5.74) is -1.71. The Balaban J connectivity index is 1.52. The van der Waals surface area contributed by atoms with Crippen molar-refractivity contribution in [2.24, 2.45) is 0 Å². The second-order valence-electron chi connectivity index (χ2n) is 7.69. The first-order valence-electron chi connectivity index (χ1n) is 10.00. The Hall–Kier alpha value is -3.08. The normalized spacial score (nSPS) is 18.3. The summed E-state index contributed by atoms with van der Waals surface area (Å²) in [5.74, 6) is -1.95. The van der Waals surface area contributed by atoms with Crippen molar-refractivity contribution in [2.75, 3.05) is 28.6 Å². The number of rotatable bonds is 4. The number of nitrogens with zero attached hydrogens (tertiary/aromatic N) is 2. The number of fused-ring (bicyclic) bond motifs is 1. The van der Waals surface area contributed by atoms with Crippen LogP contribution >= 0.6 is 11.6 Å². The lowest BCUT2D eigenvalue weighted by Gasteiger charge is -2.27. The Morgan fingerprint density at radius 3 is 2.62 bits per heavy atom. The highest BCUT2D eigenvalue weighted by atomic mass is 35.5. The average molecular weight is 470 g/mol. The maximum Gasteiger partial charge on any atom is 0.417 e. The smallest absolute Gasteiger partial charge is 0.342 e. The number of aromatic amines is 1. The lowest BCUT2D eigenvalue weighted by atomic mass is 9.99. The molecule has 1 aromatic heterocycles. The van der Waals surface area contributed by atoms with E-state index in [-0.39, 0.29) is 17.1 Å². The Morgan fingerprint density at radius 1 is 1.22 bits per heavy atom. The van der Waals surface area contributed by atoms with Gasteiger partial charge in [0, 0.05) is 25.2 Å². The van der Waals surface area contributed by atoms with Gasteiger partial charge in [-0.05, 0) is 37.5 Å². The fourth-order valence-electron chi connectivity index (χ4n) is 3.89. The largest absolute Gasteiger partial charge is 0.417 e. The Labute approximate surface area is 185 Å². The van der Waals surface area contributed by atoms with Gasteiger partial charge in [0.1, 0.15) is 5.82 Å². The number of halogens is 4. The van der Waals surface area contributed by atoms with Crippen LogP contribution in [0.2, 0.25) is 5.02 Å². The number of piperidine rings is 1. The molecule has 1 atom stereocenters. The molecule has 0 aliphatic carbocycles. The number of alkyl halides is 3. The van der Waals surface area contributed by atoms with Crippen LogP contribution in [0, 0.1) is 0 Å². The number of anilines is 3. The van der Waals surface area contributed by atoms with E-state index in [0.29, 0.717) is 12.0 Å². The monoisotopic (exact) mass is 469 g/mol. The molecule has 2 aromatic rings. The molecule has 2 amide bonds. The van der Waals surface area contributed by atoms with Crippen LogP contribution in [-0.4, -0.2) is 34.9 Å². The van der Waals surface area contributed by atoms with Gasteiger partial charge >= 0.3 is 6.18 Å². The molecule has 12 heteroatoms. The van der Waals surface area contributed by atoms with E-state index in [9.17, 15) is 27.6 Å². The van der Waals surface area contributed by atoms with Gasteiger partial charge in [0.25, 0.3) is 5.56 Å². The number of nitrogens with one attached hydrogen (secondary N) is 3. The van der Waals surface area contributed by atoms with Crippen LogP contribution in [0.1, 0.15) is 42.7 Å². The topological polar surface area (TPSA) is 107 Å². The first kappa shape index (κ1) is 22.1. The average Bonchev–Trinajstić information content (AvgIpc) is 3.04. The number of amides is 2. The predicted octanol–water partition coefficient (Wildman–Crippen LogP) is 3.50. The molecule has 32 heavy (non-hydrogen) atoms. The lowest BCUT2D eigenvalue weighted by molar-refractivity contribution is -0.137. The number of benzene rings is 1. The number of hydrogen-bond donors (Lipinski definition) is 3. The zero-order chi connectivity index (χ0) is 23.0. The second kappa shape index (κ2) is 8.45. The van der Waals surface area contributed by atoms with Crippen LogP contribution in [0.4, 0.5) is 30.6 Å². The third-order valence-electron chi connectivity index (χ3n) is 5.45. The first-order chi connectivity index (χ1) is 15.1. The molecule has 2 aliphatic rings. The van der Waals surface area contributed by atoms with Crippen LogP contribution in [0.3, 0.4) is 0 Å². The summed E-state index contributed by atoms with van der Waals surface area (Å²) in [5, 5.41) is 4.36. The predicted molar refractivity (Wildman–Crippen MR) is 112 cm³/mol. The summed E-state index contributed by atoms with van der Waals surface area (Å²) < 4.78 is 39.1. The highest BCUT2D eigenvalue weighted by Gasteiger charge is 2.37. The number of carbonyl (C=O) groups is 2. The molecular weight excluding hydrogens is 451 g/mol. The molecule has 0 saturated carbocycles. The van der Waals surface area contributed by atoms with Crippen molar-refractivity contribution in [3.05, 3.63) is 44.7 Å². The molecule has 1 fully saturated rings. The van der Waals surface area contributed by atoms with Crippen molar-refractivity contribution < 1.29 is 22.8 Å². The summed E-state index contributed by atoms with van der Waals surface area (Å²) >= 11 is 5.58. The Morgan fingerprint density at radius 2 is 1.94 bits per heavy atom. The number of hydrogen-bond acceptors (Lipinski definition) is 5. The van der Waals surface area contributed by atoms with E-state index in [1.54, 1.807) is 0 Å². The minimum atomic E-state index is -4.69. The molecule has 4 rings (SSSR count). The summed E-state index contributed by atoms with van der Waals surface area (Å²) in [7, 11) is 0. The standard InChI is InChI=1S/C20H19ClF3N5O3/c21-13-5-4-10(8-12(13)20(22,23)24)25-14(30)9-11-15-16(26-17(11)31)27-19(28-18(15)32)29-6-2-1-3-7-29/h4-5,8,11H,1-3,6-7,9H2,(H,25,30)(H2,26,27,28,31,32). The van der Waals surface area contributed by atoms with Gasteiger partial charge in [-0.2, -0.15) is 18.2 Å². The minimum Gasteiger partial charge on any atom is -0.342 e. The van der Waals surface area contributed by atoms with Crippen LogP contribution in [0.15, 0.2) is 23.0 Å². The molecule has 3 N–H and O–H groups in total. The van der Waals surface area contributed by atoms with Gasteiger partial charge in [0.05, 0.1) is 22.1 Å². The van der Waals surface area contributed by atoms with Gasteiger partial charge in [-0.3, -0.25) is 19.4 Å². The molecule has 2 aliphatic heterocycles. The summed E-state index contributed by atoms with van der Waals surface area (Å²) in [6.45, 7) is 1.48. The molecule has 0 spiro atoms. The minimum absolute atomic E-state index is 0.0398. The zero-order valence-corrected chi connectivity index (χ0v) is 17.4. The second-order valence-corrected chi connectivity index (χ2v) is 8.09. The van der Waals surface area contributed by atoms with Crippen LogP contribution < -0.4 is 21.1 Å². The van der Waals surface area contributed by atoms with E-state index in [2.05, 4.69) is 20.6 Å².